The van der Waals surface area contributed by atoms with E-state index in [4.69, 9.17) is 9.47 Å². The van der Waals surface area contributed by atoms with Gasteiger partial charge >= 0.3 is 0 Å². The van der Waals surface area contributed by atoms with Crippen molar-refractivity contribution in [1.29, 1.82) is 0 Å². The Bertz CT molecular complexity index is 982. The smallest absolute Gasteiger partial charge is 0.260 e. The number of carbonyl (C=O) groups is 2. The Morgan fingerprint density at radius 1 is 1.07 bits per heavy atom. The van der Waals surface area contributed by atoms with E-state index in [-0.39, 0.29) is 18.2 Å². The van der Waals surface area contributed by atoms with Gasteiger partial charge in [-0.05, 0) is 43.2 Å². The minimum absolute atomic E-state index is 0.205. The summed E-state index contributed by atoms with van der Waals surface area (Å²) in [5, 5.41) is 3.70. The maximum atomic E-state index is 12.3. The molecule has 1 atom stereocenters. The number of carbonyl (C=O) groups excluding carboxylic acids is 2. The monoisotopic (exact) mass is 428 g/mol. The van der Waals surface area contributed by atoms with Gasteiger partial charge in [-0.25, -0.2) is 4.98 Å². The first-order chi connectivity index (χ1) is 14.5. The Labute approximate surface area is 178 Å². The summed E-state index contributed by atoms with van der Waals surface area (Å²) in [5.74, 6) is 0.670. The number of aryl methyl sites for hydroxylation is 1. The van der Waals surface area contributed by atoms with Crippen LogP contribution in [0.15, 0.2) is 42.5 Å². The first kappa shape index (κ1) is 21.4. The van der Waals surface area contributed by atoms with Crippen molar-refractivity contribution < 1.29 is 19.1 Å². The molecule has 0 aliphatic heterocycles. The molecule has 1 heterocycles. The van der Waals surface area contributed by atoms with E-state index in [0.717, 1.165) is 15.8 Å². The third kappa shape index (κ3) is 5.60. The predicted molar refractivity (Wildman–Crippen MR) is 117 cm³/mol. The molecule has 2 aromatic carbocycles. The molecule has 0 aliphatic carbocycles. The van der Waals surface area contributed by atoms with Crippen LogP contribution in [0.3, 0.4) is 0 Å². The number of ether oxygens (including phenoxy) is 2. The highest BCUT2D eigenvalue weighted by atomic mass is 32.1. The van der Waals surface area contributed by atoms with Crippen LogP contribution >= 0.6 is 11.3 Å². The maximum absolute atomic E-state index is 12.3. The van der Waals surface area contributed by atoms with Crippen molar-refractivity contribution in [2.75, 3.05) is 19.5 Å². The predicted octanol–water partition coefficient (Wildman–Crippen LogP) is 2.89. The summed E-state index contributed by atoms with van der Waals surface area (Å²) in [4.78, 5) is 28.8. The number of rotatable bonds is 8. The average molecular weight is 429 g/mol. The van der Waals surface area contributed by atoms with Crippen molar-refractivity contribution in [3.8, 4) is 11.5 Å². The fourth-order valence-electron chi connectivity index (χ4n) is 2.76. The van der Waals surface area contributed by atoms with Crippen LogP contribution in [0, 0.1) is 0 Å². The number of hydrogen-bond donors (Lipinski definition) is 3. The largest absolute Gasteiger partial charge is 0.497 e. The van der Waals surface area contributed by atoms with Crippen molar-refractivity contribution in [2.24, 2.45) is 0 Å². The SMILES string of the molecule is COc1cc(CCC(=O)NNC(=O)[C@@H](C)Nc2nc3ccccc3s2)cc(OC)c1. The fourth-order valence-corrected chi connectivity index (χ4v) is 3.71. The quantitative estimate of drug-likeness (QED) is 0.477. The lowest BCUT2D eigenvalue weighted by molar-refractivity contribution is -0.129. The van der Waals surface area contributed by atoms with Crippen molar-refractivity contribution >= 4 is 38.5 Å². The third-order valence-corrected chi connectivity index (χ3v) is 5.37. The van der Waals surface area contributed by atoms with Crippen molar-refractivity contribution in [3.63, 3.8) is 0 Å². The lowest BCUT2D eigenvalue weighted by atomic mass is 10.1. The molecule has 0 saturated carbocycles. The first-order valence-corrected chi connectivity index (χ1v) is 10.2. The van der Waals surface area contributed by atoms with E-state index in [1.54, 1.807) is 27.2 Å². The number of nitrogens with zero attached hydrogens (tertiary/aromatic N) is 1. The molecule has 3 rings (SSSR count). The highest BCUT2D eigenvalue weighted by molar-refractivity contribution is 7.22. The zero-order valence-corrected chi connectivity index (χ0v) is 17.8. The van der Waals surface area contributed by atoms with Crippen LogP contribution < -0.4 is 25.6 Å². The molecule has 2 amide bonds. The van der Waals surface area contributed by atoms with Crippen LogP contribution in [0.5, 0.6) is 11.5 Å². The van der Waals surface area contributed by atoms with E-state index in [9.17, 15) is 9.59 Å². The number of hydrazine groups is 1. The molecule has 0 saturated heterocycles. The molecule has 0 aliphatic rings. The van der Waals surface area contributed by atoms with E-state index >= 15 is 0 Å². The van der Waals surface area contributed by atoms with Crippen LogP contribution in [0.25, 0.3) is 10.2 Å². The highest BCUT2D eigenvalue weighted by Gasteiger charge is 2.15. The summed E-state index contributed by atoms with van der Waals surface area (Å²) in [6, 6.07) is 12.6. The Kier molecular flexibility index (Phi) is 7.08. The molecule has 0 fully saturated rings. The van der Waals surface area contributed by atoms with Crippen molar-refractivity contribution in [1.82, 2.24) is 15.8 Å². The highest BCUT2D eigenvalue weighted by Crippen LogP contribution is 2.26. The van der Waals surface area contributed by atoms with E-state index in [1.165, 1.54) is 11.3 Å². The summed E-state index contributed by atoms with van der Waals surface area (Å²) in [6.07, 6.45) is 0.686. The molecule has 8 nitrogen and oxygen atoms in total. The summed E-state index contributed by atoms with van der Waals surface area (Å²) < 4.78 is 11.5. The summed E-state index contributed by atoms with van der Waals surface area (Å²) in [5.41, 5.74) is 6.67. The van der Waals surface area contributed by atoms with E-state index < -0.39 is 6.04 Å². The molecule has 158 valence electrons. The van der Waals surface area contributed by atoms with Crippen molar-refractivity contribution in [3.05, 3.63) is 48.0 Å². The first-order valence-electron chi connectivity index (χ1n) is 9.41. The number of para-hydroxylation sites is 1. The Hall–Kier alpha value is -3.33. The molecule has 0 radical (unpaired) electrons. The standard InChI is InChI=1S/C21H24N4O4S/c1-13(22-21-23-17-6-4-5-7-18(17)30-21)20(27)25-24-19(26)9-8-14-10-15(28-2)12-16(11-14)29-3/h4-7,10-13H,8-9H2,1-3H3,(H,22,23)(H,24,26)(H,25,27)/t13-/m1/s1. The number of nitrogens with one attached hydrogen (secondary N) is 3. The molecule has 3 N–H and O–H groups in total. The van der Waals surface area contributed by atoms with Gasteiger partial charge in [0.25, 0.3) is 5.91 Å². The number of thiazole rings is 1. The van der Waals surface area contributed by atoms with Crippen LogP contribution in [0.4, 0.5) is 5.13 Å². The molecular formula is C21H24N4O4S. The zero-order valence-electron chi connectivity index (χ0n) is 17.0. The molecular weight excluding hydrogens is 404 g/mol. The molecule has 0 bridgehead atoms. The zero-order chi connectivity index (χ0) is 21.5. The van der Waals surface area contributed by atoms with E-state index in [0.29, 0.717) is 23.1 Å². The van der Waals surface area contributed by atoms with E-state index in [1.807, 2.05) is 36.4 Å². The number of anilines is 1. The van der Waals surface area contributed by atoms with Crippen LogP contribution in [0.2, 0.25) is 0 Å². The number of amides is 2. The van der Waals surface area contributed by atoms with E-state index in [2.05, 4.69) is 21.2 Å². The van der Waals surface area contributed by atoms with Gasteiger partial charge in [-0.3, -0.25) is 20.4 Å². The normalized spacial score (nSPS) is 11.6. The van der Waals surface area contributed by atoms with Gasteiger partial charge in [0.1, 0.15) is 17.5 Å². The molecule has 0 spiro atoms. The van der Waals surface area contributed by atoms with Crippen LogP contribution in [0.1, 0.15) is 18.9 Å². The molecule has 9 heteroatoms. The topological polar surface area (TPSA) is 102 Å². The number of fused-ring (bicyclic) bond motifs is 1. The third-order valence-electron chi connectivity index (χ3n) is 4.40. The van der Waals surface area contributed by atoms with Gasteiger partial charge in [0.05, 0.1) is 24.4 Å². The van der Waals surface area contributed by atoms with Gasteiger partial charge in [-0.15, -0.1) is 0 Å². The Morgan fingerprint density at radius 3 is 2.43 bits per heavy atom. The van der Waals surface area contributed by atoms with Gasteiger partial charge in [-0.1, -0.05) is 23.5 Å². The second kappa shape index (κ2) is 9.93. The van der Waals surface area contributed by atoms with Gasteiger partial charge in [0.15, 0.2) is 5.13 Å². The van der Waals surface area contributed by atoms with Gasteiger partial charge < -0.3 is 14.8 Å². The van der Waals surface area contributed by atoms with Crippen molar-refractivity contribution in [2.45, 2.75) is 25.8 Å². The maximum Gasteiger partial charge on any atom is 0.260 e. The summed E-state index contributed by atoms with van der Waals surface area (Å²) >= 11 is 1.47. The van der Waals surface area contributed by atoms with Gasteiger partial charge in [-0.2, -0.15) is 0 Å². The number of methoxy groups -OCH3 is 2. The lowest BCUT2D eigenvalue weighted by Gasteiger charge is -2.14. The van der Waals surface area contributed by atoms with Gasteiger partial charge in [0, 0.05) is 12.5 Å². The molecule has 30 heavy (non-hydrogen) atoms. The molecule has 3 aromatic rings. The average Bonchev–Trinajstić information content (AvgIpc) is 3.17. The number of aromatic nitrogens is 1. The number of hydrogen-bond acceptors (Lipinski definition) is 7. The summed E-state index contributed by atoms with van der Waals surface area (Å²) in [7, 11) is 3.15. The van der Waals surface area contributed by atoms with Crippen LogP contribution in [-0.2, 0) is 16.0 Å². The summed E-state index contributed by atoms with van der Waals surface area (Å²) in [6.45, 7) is 1.70. The Morgan fingerprint density at radius 2 is 1.77 bits per heavy atom. The second-order valence-corrected chi connectivity index (χ2v) is 7.64. The minimum Gasteiger partial charge on any atom is -0.497 e. The lowest BCUT2D eigenvalue weighted by Crippen LogP contribution is -2.47. The Balaban J connectivity index is 1.46. The van der Waals surface area contributed by atoms with Gasteiger partial charge in [0.2, 0.25) is 5.91 Å². The second-order valence-electron chi connectivity index (χ2n) is 6.61. The molecule has 1 aromatic heterocycles. The minimum atomic E-state index is -0.562. The fraction of sp³-hybridized carbons (Fsp3) is 0.286. The molecule has 0 unspecified atom stereocenters. The van der Waals surface area contributed by atoms with Crippen LogP contribution in [-0.4, -0.2) is 37.1 Å². The number of benzene rings is 2.